The van der Waals surface area contributed by atoms with Crippen molar-refractivity contribution in [1.82, 2.24) is 0 Å². The Morgan fingerprint density at radius 1 is 1.33 bits per heavy atom. The molecule has 0 aromatic heterocycles. The Bertz CT molecular complexity index is 572. The van der Waals surface area contributed by atoms with E-state index in [1.54, 1.807) is 0 Å². The summed E-state index contributed by atoms with van der Waals surface area (Å²) in [6.07, 6.45) is 1.43. The molecule has 0 spiro atoms. The van der Waals surface area contributed by atoms with Gasteiger partial charge < -0.3 is 5.11 Å². The Hall–Kier alpha value is -2.50. The fraction of sp³-hybridized carbons (Fsp3) is 0.167. The number of nitro groups is 1. The summed E-state index contributed by atoms with van der Waals surface area (Å²) >= 11 is 0. The molecule has 2 rings (SSSR count). The third-order valence-electron chi connectivity index (χ3n) is 2.74. The van der Waals surface area contributed by atoms with Crippen LogP contribution in [-0.2, 0) is 4.79 Å². The van der Waals surface area contributed by atoms with Crippen molar-refractivity contribution in [3.8, 4) is 0 Å². The largest absolute Gasteiger partial charge is 0.503 e. The van der Waals surface area contributed by atoms with Crippen LogP contribution in [0.3, 0.4) is 0 Å². The average molecular weight is 246 g/mol. The van der Waals surface area contributed by atoms with Crippen LogP contribution >= 0.6 is 0 Å². The second kappa shape index (κ2) is 4.40. The number of aliphatic hydroxyl groups is 1. The van der Waals surface area contributed by atoms with Gasteiger partial charge >= 0.3 is 0 Å². The summed E-state index contributed by atoms with van der Waals surface area (Å²) in [7, 11) is 0. The first-order valence-corrected chi connectivity index (χ1v) is 5.23. The van der Waals surface area contributed by atoms with E-state index in [1.807, 2.05) is 0 Å². The van der Waals surface area contributed by atoms with Crippen molar-refractivity contribution in [2.45, 2.75) is 12.8 Å². The molecule has 92 valence electrons. The van der Waals surface area contributed by atoms with Crippen LogP contribution in [0.1, 0.15) is 18.4 Å². The average Bonchev–Trinajstić information content (AvgIpc) is 2.36. The normalized spacial score (nSPS) is 19.2. The number of Topliss-reactive ketones (excluding diaryl/α,β-unsaturated/α-hetero) is 1. The predicted octanol–water partition coefficient (Wildman–Crippen LogP) is 2.12. The first-order valence-electron chi connectivity index (χ1n) is 5.23. The number of carbonyl (C=O) groups is 1. The molecule has 6 heteroatoms. The van der Waals surface area contributed by atoms with Crippen molar-refractivity contribution in [3.05, 3.63) is 51.4 Å². The number of nitro benzene ring substituents is 1. The molecular weight excluding hydrogens is 236 g/mol. The van der Waals surface area contributed by atoms with Gasteiger partial charge in [0.05, 0.1) is 16.5 Å². The zero-order valence-corrected chi connectivity index (χ0v) is 9.53. The van der Waals surface area contributed by atoms with Gasteiger partial charge in [0.25, 0.3) is 5.69 Å². The first-order chi connectivity index (χ1) is 8.50. The monoisotopic (exact) mass is 246 g/mol. The first kappa shape index (κ1) is 12.0. The van der Waals surface area contributed by atoms with Gasteiger partial charge in [0.2, 0.25) is 5.78 Å². The van der Waals surface area contributed by atoms with Crippen molar-refractivity contribution < 1.29 is 14.8 Å². The molecule has 0 fully saturated rings. The molecule has 1 unspecified atom stereocenters. The second-order valence-electron chi connectivity index (χ2n) is 3.90. The lowest BCUT2D eigenvalue weighted by molar-refractivity contribution is -0.384. The van der Waals surface area contributed by atoms with E-state index in [2.05, 4.69) is 4.99 Å². The minimum absolute atomic E-state index is 0.0464. The van der Waals surface area contributed by atoms with Crippen LogP contribution < -0.4 is 0 Å². The Labute approximate surface area is 102 Å². The lowest BCUT2D eigenvalue weighted by Crippen LogP contribution is -2.20. The molecule has 0 amide bonds. The van der Waals surface area contributed by atoms with Crippen LogP contribution in [0.2, 0.25) is 0 Å². The van der Waals surface area contributed by atoms with Gasteiger partial charge in [-0.1, -0.05) is 12.1 Å². The van der Waals surface area contributed by atoms with Crippen LogP contribution in [0.15, 0.2) is 40.7 Å². The number of non-ortho nitro benzene ring substituents is 1. The number of hydrogen-bond acceptors (Lipinski definition) is 5. The van der Waals surface area contributed by atoms with E-state index in [0.717, 1.165) is 0 Å². The van der Waals surface area contributed by atoms with Crippen molar-refractivity contribution in [3.63, 3.8) is 0 Å². The SMILES string of the molecule is CC1=C(O)C(=O)C(c2ccc([N+](=O)[O-])cc2)C=N1. The molecule has 6 nitrogen and oxygen atoms in total. The quantitative estimate of drug-likeness (QED) is 0.638. The van der Waals surface area contributed by atoms with Gasteiger partial charge in [0, 0.05) is 18.3 Å². The zero-order valence-electron chi connectivity index (χ0n) is 9.53. The molecule has 1 aliphatic heterocycles. The number of hydrogen-bond donors (Lipinski definition) is 1. The summed E-state index contributed by atoms with van der Waals surface area (Å²) < 4.78 is 0. The second-order valence-corrected chi connectivity index (χ2v) is 3.90. The number of ketones is 1. The van der Waals surface area contributed by atoms with Crippen molar-refractivity contribution in [1.29, 1.82) is 0 Å². The molecule has 1 N–H and O–H groups in total. The summed E-state index contributed by atoms with van der Waals surface area (Å²) in [6, 6.07) is 5.61. The smallest absolute Gasteiger partial charge is 0.269 e. The number of benzene rings is 1. The molecule has 0 saturated heterocycles. The van der Waals surface area contributed by atoms with Gasteiger partial charge in [0.1, 0.15) is 0 Å². The van der Waals surface area contributed by atoms with Crippen LogP contribution in [0.5, 0.6) is 0 Å². The van der Waals surface area contributed by atoms with E-state index in [9.17, 15) is 20.0 Å². The van der Waals surface area contributed by atoms with Gasteiger partial charge in [-0.15, -0.1) is 0 Å². The number of aliphatic imine (C=N–C) groups is 1. The summed E-state index contributed by atoms with van der Waals surface area (Å²) in [5.74, 6) is -1.49. The van der Waals surface area contributed by atoms with Crippen molar-refractivity contribution in [2.75, 3.05) is 0 Å². The lowest BCUT2D eigenvalue weighted by Gasteiger charge is -2.15. The minimum Gasteiger partial charge on any atom is -0.503 e. The van der Waals surface area contributed by atoms with Gasteiger partial charge in [0.15, 0.2) is 5.76 Å². The van der Waals surface area contributed by atoms with Crippen molar-refractivity contribution >= 4 is 17.7 Å². The molecular formula is C12H10N2O4. The number of aliphatic hydroxyl groups excluding tert-OH is 1. The van der Waals surface area contributed by atoms with Gasteiger partial charge in [-0.3, -0.25) is 19.9 Å². The molecule has 1 atom stereocenters. The third kappa shape index (κ3) is 2.00. The van der Waals surface area contributed by atoms with Crippen LogP contribution in [-0.4, -0.2) is 22.0 Å². The molecule has 18 heavy (non-hydrogen) atoms. The van der Waals surface area contributed by atoms with Gasteiger partial charge in [-0.25, -0.2) is 0 Å². The van der Waals surface area contributed by atoms with Crippen LogP contribution in [0, 0.1) is 10.1 Å². The number of carbonyl (C=O) groups excluding carboxylic acids is 1. The van der Waals surface area contributed by atoms with E-state index in [1.165, 1.54) is 37.4 Å². The molecule has 1 aromatic rings. The predicted molar refractivity (Wildman–Crippen MR) is 64.7 cm³/mol. The molecule has 1 heterocycles. The molecule has 0 radical (unpaired) electrons. The van der Waals surface area contributed by atoms with Crippen molar-refractivity contribution in [2.24, 2.45) is 4.99 Å². The minimum atomic E-state index is -0.686. The molecule has 0 saturated carbocycles. The molecule has 1 aromatic carbocycles. The fourth-order valence-electron chi connectivity index (χ4n) is 1.68. The lowest BCUT2D eigenvalue weighted by atomic mass is 9.92. The molecule has 0 aliphatic carbocycles. The topological polar surface area (TPSA) is 92.8 Å². The van der Waals surface area contributed by atoms with E-state index in [-0.39, 0.29) is 17.1 Å². The van der Waals surface area contributed by atoms with E-state index < -0.39 is 16.6 Å². The Morgan fingerprint density at radius 2 is 1.94 bits per heavy atom. The standard InChI is InChI=1S/C12H10N2O4/c1-7-11(15)12(16)10(6-13-7)8-2-4-9(5-3-8)14(17)18/h2-6,10,15H,1H3. The van der Waals surface area contributed by atoms with E-state index >= 15 is 0 Å². The third-order valence-corrected chi connectivity index (χ3v) is 2.74. The maximum Gasteiger partial charge on any atom is 0.269 e. The highest BCUT2D eigenvalue weighted by Crippen LogP contribution is 2.25. The van der Waals surface area contributed by atoms with Crippen LogP contribution in [0.4, 0.5) is 5.69 Å². The molecule has 0 bridgehead atoms. The number of rotatable bonds is 2. The Kier molecular flexibility index (Phi) is 2.93. The van der Waals surface area contributed by atoms with Crippen LogP contribution in [0.25, 0.3) is 0 Å². The zero-order chi connectivity index (χ0) is 13.3. The maximum atomic E-state index is 11.8. The maximum absolute atomic E-state index is 11.8. The van der Waals surface area contributed by atoms with E-state index in [4.69, 9.17) is 0 Å². The summed E-state index contributed by atoms with van der Waals surface area (Å²) in [4.78, 5) is 25.7. The fourth-order valence-corrected chi connectivity index (χ4v) is 1.68. The summed E-state index contributed by atoms with van der Waals surface area (Å²) in [5, 5.41) is 20.0. The number of nitrogens with zero attached hydrogens (tertiary/aromatic N) is 2. The highest BCUT2D eigenvalue weighted by Gasteiger charge is 2.27. The highest BCUT2D eigenvalue weighted by molar-refractivity contribution is 6.10. The van der Waals surface area contributed by atoms with E-state index in [0.29, 0.717) is 5.56 Å². The summed E-state index contributed by atoms with van der Waals surface area (Å²) in [5.41, 5.74) is 0.793. The summed E-state index contributed by atoms with van der Waals surface area (Å²) in [6.45, 7) is 1.54. The Morgan fingerprint density at radius 3 is 2.50 bits per heavy atom. The Balaban J connectivity index is 2.32. The molecule has 1 aliphatic rings. The van der Waals surface area contributed by atoms with Gasteiger partial charge in [-0.05, 0) is 12.5 Å². The highest BCUT2D eigenvalue weighted by atomic mass is 16.6. The van der Waals surface area contributed by atoms with Gasteiger partial charge in [-0.2, -0.15) is 0 Å². The number of allylic oxidation sites excluding steroid dienone is 2.